The van der Waals surface area contributed by atoms with E-state index in [4.69, 9.17) is 4.52 Å². The van der Waals surface area contributed by atoms with Crippen LogP contribution in [-0.4, -0.2) is 28.8 Å². The van der Waals surface area contributed by atoms with Crippen molar-refractivity contribution < 1.29 is 4.52 Å². The summed E-state index contributed by atoms with van der Waals surface area (Å²) in [6.45, 7) is 3.75. The summed E-state index contributed by atoms with van der Waals surface area (Å²) >= 11 is 0. The van der Waals surface area contributed by atoms with E-state index in [1.807, 2.05) is 6.92 Å². The van der Waals surface area contributed by atoms with Crippen LogP contribution in [0, 0.1) is 12.8 Å². The minimum Gasteiger partial charge on any atom is -0.340 e. The summed E-state index contributed by atoms with van der Waals surface area (Å²) in [5.41, 5.74) is 0. The first kappa shape index (κ1) is 13.1. The Morgan fingerprint density at radius 1 is 1.26 bits per heavy atom. The maximum Gasteiger partial charge on any atom is 0.223 e. The Balaban J connectivity index is 1.54. The van der Waals surface area contributed by atoms with E-state index in [0.29, 0.717) is 18.0 Å². The molecule has 0 amide bonds. The predicted octanol–water partition coefficient (Wildman–Crippen LogP) is 1.78. The first-order valence-electron chi connectivity index (χ1n) is 7.59. The Kier molecular flexibility index (Phi) is 4.13. The van der Waals surface area contributed by atoms with E-state index in [9.17, 15) is 0 Å². The Bertz CT molecular complexity index is 400. The van der Waals surface area contributed by atoms with Gasteiger partial charge in [-0.3, -0.25) is 0 Å². The van der Waals surface area contributed by atoms with Gasteiger partial charge in [-0.2, -0.15) is 4.98 Å². The van der Waals surface area contributed by atoms with E-state index in [-0.39, 0.29) is 0 Å². The molecule has 5 nitrogen and oxygen atoms in total. The summed E-state index contributed by atoms with van der Waals surface area (Å²) < 4.78 is 5.01. The second-order valence-electron chi connectivity index (χ2n) is 5.87. The van der Waals surface area contributed by atoms with Crippen LogP contribution in [0.2, 0.25) is 0 Å². The zero-order valence-corrected chi connectivity index (χ0v) is 11.7. The molecule has 2 aliphatic rings. The van der Waals surface area contributed by atoms with Gasteiger partial charge in [-0.1, -0.05) is 18.0 Å². The maximum absolute atomic E-state index is 5.01. The second kappa shape index (κ2) is 6.01. The molecule has 3 rings (SSSR count). The lowest BCUT2D eigenvalue weighted by atomic mass is 9.88. The summed E-state index contributed by atoms with van der Waals surface area (Å²) in [4.78, 5) is 4.25. The number of piperidine rings is 1. The third kappa shape index (κ3) is 3.15. The Hall–Kier alpha value is -0.940. The zero-order valence-electron chi connectivity index (χ0n) is 11.7. The topological polar surface area (TPSA) is 63.0 Å². The summed E-state index contributed by atoms with van der Waals surface area (Å²) in [5, 5.41) is 11.3. The molecule has 1 aliphatic carbocycles. The molecule has 1 saturated heterocycles. The van der Waals surface area contributed by atoms with Crippen LogP contribution in [0.5, 0.6) is 0 Å². The lowest BCUT2D eigenvalue weighted by Crippen LogP contribution is -2.46. The highest BCUT2D eigenvalue weighted by atomic mass is 16.5. The first-order valence-corrected chi connectivity index (χ1v) is 7.59. The van der Waals surface area contributed by atoms with Gasteiger partial charge < -0.3 is 15.2 Å². The van der Waals surface area contributed by atoms with Gasteiger partial charge in [0.1, 0.15) is 0 Å². The van der Waals surface area contributed by atoms with Gasteiger partial charge in [0.15, 0.2) is 5.82 Å². The molecule has 106 valence electrons. The number of rotatable bonds is 4. The van der Waals surface area contributed by atoms with E-state index in [0.717, 1.165) is 18.3 Å². The van der Waals surface area contributed by atoms with Crippen LogP contribution in [0.4, 0.5) is 0 Å². The number of nitrogens with zero attached hydrogens (tertiary/aromatic N) is 2. The van der Waals surface area contributed by atoms with Gasteiger partial charge >= 0.3 is 0 Å². The standard InChI is InChI=1S/C14H24N4O/c1-10-17-14(18-19-10)9-16-13-7-4-5-11(13)12-6-2-3-8-15-12/h11-13,15-16H,2-9H2,1H3. The lowest BCUT2D eigenvalue weighted by molar-refractivity contribution is 0.255. The molecule has 1 aromatic heterocycles. The van der Waals surface area contributed by atoms with E-state index in [1.54, 1.807) is 0 Å². The van der Waals surface area contributed by atoms with Crippen molar-refractivity contribution >= 4 is 0 Å². The molecule has 19 heavy (non-hydrogen) atoms. The molecular formula is C14H24N4O. The average molecular weight is 264 g/mol. The number of hydrogen-bond donors (Lipinski definition) is 2. The van der Waals surface area contributed by atoms with Crippen LogP contribution in [0.1, 0.15) is 50.2 Å². The average Bonchev–Trinajstić information content (AvgIpc) is 3.06. The molecular weight excluding hydrogens is 240 g/mol. The highest BCUT2D eigenvalue weighted by molar-refractivity contribution is 4.93. The predicted molar refractivity (Wildman–Crippen MR) is 72.6 cm³/mol. The first-order chi connectivity index (χ1) is 9.33. The Labute approximate surface area is 114 Å². The minimum absolute atomic E-state index is 0.606. The lowest BCUT2D eigenvalue weighted by Gasteiger charge is -2.33. The highest BCUT2D eigenvalue weighted by Crippen LogP contribution is 2.31. The maximum atomic E-state index is 5.01. The van der Waals surface area contributed by atoms with Crippen molar-refractivity contribution in [2.45, 2.75) is 64.1 Å². The smallest absolute Gasteiger partial charge is 0.223 e. The third-order valence-corrected chi connectivity index (χ3v) is 4.53. The van der Waals surface area contributed by atoms with Crippen molar-refractivity contribution in [2.75, 3.05) is 6.54 Å². The number of nitrogens with one attached hydrogen (secondary N) is 2. The Morgan fingerprint density at radius 3 is 2.95 bits per heavy atom. The highest BCUT2D eigenvalue weighted by Gasteiger charge is 2.33. The SMILES string of the molecule is Cc1nc(CNC2CCCC2C2CCCCN2)no1. The van der Waals surface area contributed by atoms with Gasteiger partial charge in [0.2, 0.25) is 5.89 Å². The molecule has 2 heterocycles. The Morgan fingerprint density at radius 2 is 2.21 bits per heavy atom. The van der Waals surface area contributed by atoms with E-state index in [2.05, 4.69) is 20.8 Å². The van der Waals surface area contributed by atoms with Gasteiger partial charge in [-0.25, -0.2) is 0 Å². The fourth-order valence-electron chi connectivity index (χ4n) is 3.60. The molecule has 0 radical (unpaired) electrons. The van der Waals surface area contributed by atoms with Gasteiger partial charge in [0, 0.05) is 19.0 Å². The molecule has 2 fully saturated rings. The van der Waals surface area contributed by atoms with Crippen LogP contribution in [0.15, 0.2) is 4.52 Å². The fourth-order valence-corrected chi connectivity index (χ4v) is 3.60. The quantitative estimate of drug-likeness (QED) is 0.868. The van der Waals surface area contributed by atoms with Gasteiger partial charge in [0.05, 0.1) is 6.54 Å². The molecule has 2 N–H and O–H groups in total. The third-order valence-electron chi connectivity index (χ3n) is 4.53. The molecule has 0 aromatic carbocycles. The van der Waals surface area contributed by atoms with Crippen molar-refractivity contribution in [1.29, 1.82) is 0 Å². The molecule has 5 heteroatoms. The fraction of sp³-hybridized carbons (Fsp3) is 0.857. The normalized spacial score (nSPS) is 31.7. The minimum atomic E-state index is 0.606. The van der Waals surface area contributed by atoms with Crippen molar-refractivity contribution in [1.82, 2.24) is 20.8 Å². The molecule has 3 unspecified atom stereocenters. The van der Waals surface area contributed by atoms with E-state index in [1.165, 1.54) is 45.1 Å². The molecule has 0 bridgehead atoms. The summed E-state index contributed by atoms with van der Waals surface area (Å²) in [6, 6.07) is 1.31. The molecule has 1 aliphatic heterocycles. The number of aromatic nitrogens is 2. The molecule has 1 aromatic rings. The summed E-state index contributed by atoms with van der Waals surface area (Å²) in [6.07, 6.45) is 8.02. The molecule has 0 spiro atoms. The largest absolute Gasteiger partial charge is 0.340 e. The molecule has 3 atom stereocenters. The van der Waals surface area contributed by atoms with Crippen LogP contribution < -0.4 is 10.6 Å². The monoisotopic (exact) mass is 264 g/mol. The zero-order chi connectivity index (χ0) is 13.1. The summed E-state index contributed by atoms with van der Waals surface area (Å²) in [5.74, 6) is 2.20. The van der Waals surface area contributed by atoms with Crippen molar-refractivity contribution in [3.05, 3.63) is 11.7 Å². The van der Waals surface area contributed by atoms with Crippen molar-refractivity contribution in [3.8, 4) is 0 Å². The number of hydrogen-bond acceptors (Lipinski definition) is 5. The van der Waals surface area contributed by atoms with E-state index < -0.39 is 0 Å². The second-order valence-corrected chi connectivity index (χ2v) is 5.87. The van der Waals surface area contributed by atoms with Gasteiger partial charge in [-0.15, -0.1) is 0 Å². The van der Waals surface area contributed by atoms with Gasteiger partial charge in [0.25, 0.3) is 0 Å². The summed E-state index contributed by atoms with van der Waals surface area (Å²) in [7, 11) is 0. The van der Waals surface area contributed by atoms with Crippen molar-refractivity contribution in [3.63, 3.8) is 0 Å². The molecule has 1 saturated carbocycles. The van der Waals surface area contributed by atoms with Crippen LogP contribution in [0.25, 0.3) is 0 Å². The van der Waals surface area contributed by atoms with Crippen LogP contribution in [-0.2, 0) is 6.54 Å². The van der Waals surface area contributed by atoms with Crippen molar-refractivity contribution in [2.24, 2.45) is 5.92 Å². The van der Waals surface area contributed by atoms with Crippen LogP contribution in [0.3, 0.4) is 0 Å². The van der Waals surface area contributed by atoms with Crippen LogP contribution >= 0.6 is 0 Å². The number of aryl methyl sites for hydroxylation is 1. The van der Waals surface area contributed by atoms with E-state index >= 15 is 0 Å². The van der Waals surface area contributed by atoms with Gasteiger partial charge in [-0.05, 0) is 38.1 Å².